The van der Waals surface area contributed by atoms with Gasteiger partial charge in [0.25, 0.3) is 11.8 Å². The highest BCUT2D eigenvalue weighted by Gasteiger charge is 2.29. The van der Waals surface area contributed by atoms with E-state index in [-0.39, 0.29) is 23.7 Å². The molecule has 2 aliphatic heterocycles. The molecule has 10 heteroatoms. The van der Waals surface area contributed by atoms with Crippen molar-refractivity contribution in [2.24, 2.45) is 7.05 Å². The molecule has 2 amide bonds. The van der Waals surface area contributed by atoms with E-state index < -0.39 is 0 Å². The molecule has 10 nitrogen and oxygen atoms in total. The lowest BCUT2D eigenvalue weighted by Gasteiger charge is -2.26. The second-order valence-electron chi connectivity index (χ2n) is 10.9. The molecule has 0 unspecified atom stereocenters. The lowest BCUT2D eigenvalue weighted by molar-refractivity contribution is 0.0342. The van der Waals surface area contributed by atoms with Gasteiger partial charge in [-0.05, 0) is 41.3 Å². The molecule has 216 valence electrons. The molecule has 0 radical (unpaired) electrons. The number of amides is 2. The van der Waals surface area contributed by atoms with Gasteiger partial charge in [0.05, 0.1) is 25.0 Å². The summed E-state index contributed by atoms with van der Waals surface area (Å²) in [5, 5.41) is 7.21. The maximum atomic E-state index is 13.2. The van der Waals surface area contributed by atoms with Crippen molar-refractivity contribution in [3.63, 3.8) is 0 Å². The first-order valence-electron chi connectivity index (χ1n) is 14.3. The van der Waals surface area contributed by atoms with Gasteiger partial charge in [-0.25, -0.2) is 4.98 Å². The maximum Gasteiger partial charge on any atom is 0.255 e. The van der Waals surface area contributed by atoms with E-state index in [0.717, 1.165) is 55.1 Å². The van der Waals surface area contributed by atoms with Crippen LogP contribution in [-0.4, -0.2) is 81.8 Å². The van der Waals surface area contributed by atoms with Gasteiger partial charge in [-0.1, -0.05) is 36.4 Å². The van der Waals surface area contributed by atoms with Crippen molar-refractivity contribution in [1.82, 2.24) is 29.9 Å². The maximum absolute atomic E-state index is 13.2. The lowest BCUT2D eigenvalue weighted by Crippen LogP contribution is -2.38. The Hall–Kier alpha value is -4.54. The molecule has 0 spiro atoms. The number of rotatable bonds is 7. The third-order valence-corrected chi connectivity index (χ3v) is 7.94. The van der Waals surface area contributed by atoms with Crippen LogP contribution < -0.4 is 11.1 Å². The number of nitrogens with one attached hydrogen (secondary N) is 1. The molecule has 3 N–H and O–H groups in total. The zero-order valence-electron chi connectivity index (χ0n) is 23.7. The molecule has 0 bridgehead atoms. The zero-order valence-corrected chi connectivity index (χ0v) is 23.7. The number of nitrogens with two attached hydrogens (primary N) is 1. The predicted octanol–water partition coefficient (Wildman–Crippen LogP) is 3.21. The summed E-state index contributed by atoms with van der Waals surface area (Å²) < 4.78 is 7.13. The summed E-state index contributed by atoms with van der Waals surface area (Å²) in [6.45, 7) is 5.46. The minimum Gasteiger partial charge on any atom is -0.383 e. The predicted molar refractivity (Wildman–Crippen MR) is 161 cm³/mol. The molecule has 0 aliphatic carbocycles. The van der Waals surface area contributed by atoms with Gasteiger partial charge in [0.2, 0.25) is 0 Å². The fourth-order valence-corrected chi connectivity index (χ4v) is 5.52. The molecule has 2 saturated heterocycles. The van der Waals surface area contributed by atoms with Crippen LogP contribution in [0.15, 0.2) is 73.2 Å². The second-order valence-corrected chi connectivity index (χ2v) is 10.9. The lowest BCUT2D eigenvalue weighted by atomic mass is 10.0. The van der Waals surface area contributed by atoms with E-state index in [1.807, 2.05) is 37.5 Å². The third-order valence-electron chi connectivity index (χ3n) is 7.94. The summed E-state index contributed by atoms with van der Waals surface area (Å²) in [5.41, 5.74) is 12.1. The second kappa shape index (κ2) is 12.1. The van der Waals surface area contributed by atoms with Gasteiger partial charge in [0, 0.05) is 74.9 Å². The van der Waals surface area contributed by atoms with Crippen molar-refractivity contribution in [3.8, 4) is 22.3 Å². The number of ether oxygens (including phenoxy) is 1. The molecule has 6 rings (SSSR count). The molecule has 1 atom stereocenters. The number of hydrogen-bond acceptors (Lipinski definition) is 7. The molecular weight excluding hydrogens is 530 g/mol. The Morgan fingerprint density at radius 3 is 2.36 bits per heavy atom. The highest BCUT2D eigenvalue weighted by molar-refractivity contribution is 6.00. The average Bonchev–Trinajstić information content (AvgIpc) is 3.67. The summed E-state index contributed by atoms with van der Waals surface area (Å²) in [6.07, 6.45) is 5.87. The summed E-state index contributed by atoms with van der Waals surface area (Å²) in [6, 6.07) is 17.9. The van der Waals surface area contributed by atoms with Crippen LogP contribution in [0.4, 0.5) is 5.82 Å². The van der Waals surface area contributed by atoms with Crippen LogP contribution in [-0.2, 0) is 18.3 Å². The Morgan fingerprint density at radius 2 is 1.67 bits per heavy atom. The van der Waals surface area contributed by atoms with E-state index in [4.69, 9.17) is 10.5 Å². The van der Waals surface area contributed by atoms with Crippen molar-refractivity contribution < 1.29 is 14.3 Å². The molecule has 2 aromatic heterocycles. The quantitative estimate of drug-likeness (QED) is 0.353. The Labute approximate surface area is 245 Å². The molecule has 4 heterocycles. The largest absolute Gasteiger partial charge is 0.383 e. The number of morpholine rings is 1. The monoisotopic (exact) mass is 565 g/mol. The standard InChI is InChI=1S/C32H35N7O3/c1-37-20-27(18-35-37)26-16-29(30(33)34-17-26)31(40)36-28-10-11-39(21-28)32(41)25-8-6-24(7-9-25)23-4-2-22(3-5-23)19-38-12-14-42-15-13-38/h2-9,16-18,20,28H,10-15,19,21H2,1H3,(H2,33,34)(H,36,40)/t28-/m1/s1. The van der Waals surface area contributed by atoms with Crippen molar-refractivity contribution in [3.05, 3.63) is 89.9 Å². The highest BCUT2D eigenvalue weighted by Crippen LogP contribution is 2.24. The number of nitrogen functional groups attached to an aromatic ring is 1. The zero-order chi connectivity index (χ0) is 29.1. The van der Waals surface area contributed by atoms with E-state index >= 15 is 0 Å². The highest BCUT2D eigenvalue weighted by atomic mass is 16.5. The van der Waals surface area contributed by atoms with E-state index in [2.05, 4.69) is 44.6 Å². The van der Waals surface area contributed by atoms with Crippen LogP contribution in [0.5, 0.6) is 0 Å². The van der Waals surface area contributed by atoms with Crippen LogP contribution in [0.3, 0.4) is 0 Å². The molecule has 4 aromatic rings. The number of aryl methyl sites for hydroxylation is 1. The van der Waals surface area contributed by atoms with Gasteiger partial charge >= 0.3 is 0 Å². The smallest absolute Gasteiger partial charge is 0.255 e. The minimum absolute atomic E-state index is 0.0427. The topological polar surface area (TPSA) is 119 Å². The van der Waals surface area contributed by atoms with Crippen LogP contribution in [0.2, 0.25) is 0 Å². The number of carbonyl (C=O) groups is 2. The Bertz CT molecular complexity index is 1560. The molecule has 42 heavy (non-hydrogen) atoms. The minimum atomic E-state index is -0.301. The molecular formula is C32H35N7O3. The van der Waals surface area contributed by atoms with Crippen molar-refractivity contribution in [2.45, 2.75) is 19.0 Å². The SMILES string of the molecule is Cn1cc(-c2cnc(N)c(C(=O)N[C@@H]3CCN(C(=O)c4ccc(-c5ccc(CN6CCOCC6)cc5)cc4)C3)c2)cn1. The van der Waals surface area contributed by atoms with Gasteiger partial charge in [0.1, 0.15) is 5.82 Å². The number of likely N-dealkylation sites (tertiary alicyclic amines) is 1. The molecule has 2 aliphatic rings. The fraction of sp³-hybridized carbons (Fsp3) is 0.312. The Morgan fingerprint density at radius 1 is 0.952 bits per heavy atom. The van der Waals surface area contributed by atoms with E-state index in [1.165, 1.54) is 5.56 Å². The normalized spacial score (nSPS) is 17.4. The first-order chi connectivity index (χ1) is 20.4. The van der Waals surface area contributed by atoms with Crippen molar-refractivity contribution in [2.75, 3.05) is 45.1 Å². The summed E-state index contributed by atoms with van der Waals surface area (Å²) in [4.78, 5) is 34.7. The average molecular weight is 566 g/mol. The summed E-state index contributed by atoms with van der Waals surface area (Å²) >= 11 is 0. The van der Waals surface area contributed by atoms with Gasteiger partial charge < -0.3 is 20.7 Å². The van der Waals surface area contributed by atoms with Crippen molar-refractivity contribution in [1.29, 1.82) is 0 Å². The van der Waals surface area contributed by atoms with Crippen LogP contribution in [0.1, 0.15) is 32.7 Å². The number of aromatic nitrogens is 3. The van der Waals surface area contributed by atoms with Gasteiger partial charge in [-0.15, -0.1) is 0 Å². The number of pyridine rings is 1. The van der Waals surface area contributed by atoms with Crippen LogP contribution in [0, 0.1) is 0 Å². The van der Waals surface area contributed by atoms with Gasteiger partial charge in [0.15, 0.2) is 0 Å². The van der Waals surface area contributed by atoms with E-state index in [9.17, 15) is 9.59 Å². The molecule has 2 fully saturated rings. The number of benzene rings is 2. The third kappa shape index (κ3) is 6.19. The summed E-state index contributed by atoms with van der Waals surface area (Å²) in [7, 11) is 1.83. The van der Waals surface area contributed by atoms with E-state index in [1.54, 1.807) is 28.0 Å². The summed E-state index contributed by atoms with van der Waals surface area (Å²) in [5.74, 6) is -0.179. The molecule has 0 saturated carbocycles. The fourth-order valence-electron chi connectivity index (χ4n) is 5.52. The first kappa shape index (κ1) is 27.6. The Balaban J connectivity index is 1.04. The number of nitrogens with zero attached hydrogens (tertiary/aromatic N) is 5. The van der Waals surface area contributed by atoms with Crippen LogP contribution >= 0.6 is 0 Å². The number of anilines is 1. The van der Waals surface area contributed by atoms with E-state index in [0.29, 0.717) is 30.6 Å². The first-order valence-corrected chi connectivity index (χ1v) is 14.3. The van der Waals surface area contributed by atoms with Crippen LogP contribution in [0.25, 0.3) is 22.3 Å². The number of hydrogen-bond donors (Lipinski definition) is 2. The molecule has 2 aromatic carbocycles. The van der Waals surface area contributed by atoms with Gasteiger partial charge in [-0.3, -0.25) is 19.2 Å². The van der Waals surface area contributed by atoms with Gasteiger partial charge in [-0.2, -0.15) is 5.10 Å². The van der Waals surface area contributed by atoms with Crippen molar-refractivity contribution >= 4 is 17.6 Å². The Kier molecular flexibility index (Phi) is 7.98. The number of carbonyl (C=O) groups excluding carboxylic acids is 2.